The number of ketones is 2. The van der Waals surface area contributed by atoms with Gasteiger partial charge in [0.05, 0.1) is 96.5 Å². The molecular formula is C83H147N5O29. The number of hydrogen-bond donors (Lipinski definition) is 14. The van der Waals surface area contributed by atoms with Crippen LogP contribution in [0, 0.1) is 17.8 Å². The van der Waals surface area contributed by atoms with Crippen molar-refractivity contribution in [1.82, 2.24) is 26.2 Å². The Morgan fingerprint density at radius 3 is 1.21 bits per heavy atom. The van der Waals surface area contributed by atoms with Gasteiger partial charge in [-0.3, -0.25) is 38.4 Å². The summed E-state index contributed by atoms with van der Waals surface area (Å²) in [7, 11) is 1.54. The summed E-state index contributed by atoms with van der Waals surface area (Å²) in [5, 5.41) is 112. The van der Waals surface area contributed by atoms with Gasteiger partial charge in [0, 0.05) is 121 Å². The second-order valence-electron chi connectivity index (χ2n) is 32.2. The van der Waals surface area contributed by atoms with E-state index < -0.39 is 129 Å². The first-order valence-corrected chi connectivity index (χ1v) is 43.6. The Bertz CT molecular complexity index is 2680. The Hall–Kier alpha value is -5.25. The number of esters is 2. The van der Waals surface area contributed by atoms with E-state index in [1.165, 1.54) is 0 Å². The van der Waals surface area contributed by atoms with Gasteiger partial charge in [0.1, 0.15) is 48.2 Å². The van der Waals surface area contributed by atoms with E-state index >= 15 is 0 Å². The van der Waals surface area contributed by atoms with Crippen LogP contribution in [0.5, 0.6) is 0 Å². The Kier molecular flexibility index (Phi) is 54.4. The van der Waals surface area contributed by atoms with Crippen LogP contribution in [-0.2, 0) is 85.7 Å². The first kappa shape index (κ1) is 104. The number of β-amino-alcohol motifs (C(OH)–C–C–N with tert-alkyl or cyclic N) is 1. The summed E-state index contributed by atoms with van der Waals surface area (Å²) < 4.78 is 56.2. The monoisotopic (exact) mass is 1680 g/mol. The number of carbonyl (C=O) groups is 9. The second-order valence-corrected chi connectivity index (χ2v) is 32.2. The van der Waals surface area contributed by atoms with Gasteiger partial charge < -0.3 is 125 Å². The number of methoxy groups -OCH3 is 1. The van der Waals surface area contributed by atoms with Crippen LogP contribution in [0.25, 0.3) is 0 Å². The van der Waals surface area contributed by atoms with Gasteiger partial charge in [-0.05, 0) is 122 Å². The molecular weight excluding hydrogens is 1530 g/mol. The maximum absolute atomic E-state index is 14.1. The molecule has 0 saturated carbocycles. The predicted octanol–water partition coefficient (Wildman–Crippen LogP) is 4.34. The molecule has 0 spiro atoms. The van der Waals surface area contributed by atoms with Gasteiger partial charge in [0.25, 0.3) is 0 Å². The minimum Gasteiger partial charge on any atom is -0.466 e. The summed E-state index contributed by atoms with van der Waals surface area (Å²) in [4.78, 5) is 119. The average molecular weight is 1680 g/mol. The number of hydrogen-bond acceptors (Lipinski definition) is 29. The standard InChI is InChI=1S/C83H147N5O29/c1-57-73(101)76(104)64(53-89)115-79(57)111-46-24-31-61(92)29-14-8-5-13-22-44-86-82(107)114-45-23-19-39-83(87-69(97)38-37-62(93)30-17-18-34-70(98)88-52-63(94)51-60(88)56-108-4,40-27-49-109-71(99)35-15-9-6-11-20-42-84-67(95)32-25-47-112-80-58(2)74(102)77(105)65(54-90)116-80)41-28-50-110-72(100)36-16-10-7-12-21-43-85-68(96)33-26-48-113-81-59(3)75(103)78(106)66(55-91)117-81/h57-60,63-66,73-81,89-91,94,101-106H,5-56H2,1-4H3,(H,84,95)(H,85,96)(H,86,107)(H,87,97)/t57?,58?,59?,60-,63+,64?,65?,66?,73?,74?,75?,76?,77?,78?,79?,80?,81?,83?/m1/s1. The zero-order valence-electron chi connectivity index (χ0n) is 70.3. The number of Topliss-reactive ketones (excluding diaryl/α,β-unsaturated/α-hetero) is 2. The Labute approximate surface area is 691 Å². The summed E-state index contributed by atoms with van der Waals surface area (Å²) in [5.41, 5.74) is -0.930. The number of nitrogens with one attached hydrogen (secondary N) is 4. The molecule has 4 aliphatic rings. The number of unbranched alkanes of at least 4 members (excludes halogenated alkanes) is 14. The van der Waals surface area contributed by atoms with Crippen LogP contribution in [0.3, 0.4) is 0 Å². The summed E-state index contributed by atoms with van der Waals surface area (Å²) in [6.07, 6.45) is 4.90. The molecule has 0 bridgehead atoms. The number of carbonyl (C=O) groups excluding carboxylic acids is 9. The lowest BCUT2D eigenvalue weighted by molar-refractivity contribution is -0.282. The highest BCUT2D eigenvalue weighted by atomic mass is 16.7. The van der Waals surface area contributed by atoms with Crippen molar-refractivity contribution in [2.45, 2.75) is 356 Å². The minimum atomic E-state index is -1.23. The summed E-state index contributed by atoms with van der Waals surface area (Å²) in [6.45, 7) is 6.28. The highest BCUT2D eigenvalue weighted by Crippen LogP contribution is 2.32. The number of likely N-dealkylation sites (tertiary alicyclic amines) is 1. The van der Waals surface area contributed by atoms with Crippen LogP contribution < -0.4 is 21.3 Å². The third-order valence-electron chi connectivity index (χ3n) is 22.4. The first-order chi connectivity index (χ1) is 56.3. The second kappa shape index (κ2) is 61.1. The number of alkyl carbamates (subject to hydrolysis) is 1. The highest BCUT2D eigenvalue weighted by molar-refractivity contribution is 5.85. The van der Waals surface area contributed by atoms with Crippen LogP contribution in [0.15, 0.2) is 0 Å². The van der Waals surface area contributed by atoms with E-state index in [4.69, 9.17) is 47.4 Å². The molecule has 0 aromatic rings. The van der Waals surface area contributed by atoms with Gasteiger partial charge in [-0.2, -0.15) is 0 Å². The van der Waals surface area contributed by atoms with Crippen molar-refractivity contribution >= 4 is 53.2 Å². The van der Waals surface area contributed by atoms with E-state index in [1.807, 2.05) is 0 Å². The minimum absolute atomic E-state index is 0.0464. The molecule has 678 valence electrons. The molecule has 34 nitrogen and oxygen atoms in total. The first-order valence-electron chi connectivity index (χ1n) is 43.6. The van der Waals surface area contributed by atoms with E-state index in [1.54, 1.807) is 32.8 Å². The number of aliphatic hydroxyl groups is 10. The van der Waals surface area contributed by atoms with Crippen molar-refractivity contribution in [2.75, 3.05) is 99.4 Å². The van der Waals surface area contributed by atoms with Crippen LogP contribution in [-0.4, -0.2) is 300 Å². The largest absolute Gasteiger partial charge is 0.466 e. The fourth-order valence-corrected chi connectivity index (χ4v) is 15.0. The smallest absolute Gasteiger partial charge is 0.407 e. The lowest BCUT2D eigenvalue weighted by Crippen LogP contribution is -2.55. The lowest BCUT2D eigenvalue weighted by Gasteiger charge is -2.40. The van der Waals surface area contributed by atoms with Crippen LogP contribution in [0.2, 0.25) is 0 Å². The van der Waals surface area contributed by atoms with Crippen molar-refractivity contribution in [3.8, 4) is 0 Å². The number of nitrogens with zero attached hydrogens (tertiary/aromatic N) is 1. The molecule has 34 heteroatoms. The summed E-state index contributed by atoms with van der Waals surface area (Å²) >= 11 is 0. The topological polar surface area (TPSA) is 500 Å². The molecule has 15 unspecified atom stereocenters. The zero-order chi connectivity index (χ0) is 85.8. The van der Waals surface area contributed by atoms with Gasteiger partial charge in [-0.25, -0.2) is 4.79 Å². The maximum Gasteiger partial charge on any atom is 0.407 e. The molecule has 0 radical (unpaired) electrons. The Balaban J connectivity index is 1.25. The quantitative estimate of drug-likeness (QED) is 0.0229. The third-order valence-corrected chi connectivity index (χ3v) is 22.4. The fourth-order valence-electron chi connectivity index (χ4n) is 15.0. The molecule has 0 aliphatic carbocycles. The van der Waals surface area contributed by atoms with E-state index in [0.717, 1.165) is 77.0 Å². The molecule has 4 saturated heterocycles. The Morgan fingerprint density at radius 1 is 0.385 bits per heavy atom. The zero-order valence-corrected chi connectivity index (χ0v) is 70.3. The number of aliphatic hydroxyl groups excluding tert-OH is 10. The summed E-state index contributed by atoms with van der Waals surface area (Å²) in [6, 6.07) is -0.216. The van der Waals surface area contributed by atoms with Crippen LogP contribution in [0.1, 0.15) is 265 Å². The highest BCUT2D eigenvalue weighted by Gasteiger charge is 2.45. The van der Waals surface area contributed by atoms with Crippen molar-refractivity contribution in [3.63, 3.8) is 0 Å². The lowest BCUT2D eigenvalue weighted by atomic mass is 9.83. The molecule has 14 N–H and O–H groups in total. The number of amides is 5. The van der Waals surface area contributed by atoms with E-state index in [9.17, 15) is 94.2 Å². The van der Waals surface area contributed by atoms with Gasteiger partial charge in [0.2, 0.25) is 23.6 Å². The van der Waals surface area contributed by atoms with E-state index in [-0.39, 0.29) is 151 Å². The molecule has 117 heavy (non-hydrogen) atoms. The van der Waals surface area contributed by atoms with Crippen LogP contribution >= 0.6 is 0 Å². The van der Waals surface area contributed by atoms with Crippen molar-refractivity contribution in [1.29, 1.82) is 0 Å². The molecule has 4 fully saturated rings. The normalized spacial score (nSPS) is 25.8. The molecule has 4 rings (SSSR count). The van der Waals surface area contributed by atoms with E-state index in [0.29, 0.717) is 142 Å². The molecule has 0 aromatic heterocycles. The Morgan fingerprint density at radius 2 is 0.761 bits per heavy atom. The fraction of sp³-hybridized carbons (Fsp3) is 0.892. The maximum atomic E-state index is 14.1. The predicted molar refractivity (Wildman–Crippen MR) is 426 cm³/mol. The molecule has 5 amide bonds. The van der Waals surface area contributed by atoms with Crippen molar-refractivity contribution in [2.24, 2.45) is 17.8 Å². The molecule has 4 aliphatic heterocycles. The third kappa shape index (κ3) is 42.4. The van der Waals surface area contributed by atoms with Gasteiger partial charge in [-0.15, -0.1) is 0 Å². The van der Waals surface area contributed by atoms with Gasteiger partial charge >= 0.3 is 18.0 Å². The number of ether oxygens (including phenoxy) is 10. The van der Waals surface area contributed by atoms with Gasteiger partial charge in [-0.1, -0.05) is 78.6 Å². The SMILES string of the molecule is COC[C@H]1C[C@H](O)CN1C(=O)CCCCC(=O)CCC(=O)NC(CCCCOC(=O)NCCCCCCCC(=O)CCCOC1OC(CO)C(O)C(O)C1C)(CCCOC(=O)CCCCCCCNC(=O)CCCOC1OC(CO)C(O)C(O)C1C)CCCOC(=O)CCCCCCCNC(=O)CCCOC1OC(CO)C(O)C(O)C1C. The average Bonchev–Trinajstić information content (AvgIpc) is 1.43. The molecule has 0 aromatic carbocycles. The van der Waals surface area contributed by atoms with Crippen LogP contribution in [0.4, 0.5) is 4.79 Å². The van der Waals surface area contributed by atoms with Gasteiger partial charge in [0.15, 0.2) is 18.9 Å². The van der Waals surface area contributed by atoms with Crippen molar-refractivity contribution < 1.29 is 142 Å². The number of rotatable bonds is 66. The summed E-state index contributed by atoms with van der Waals surface area (Å²) in [5.74, 6) is -3.14. The van der Waals surface area contributed by atoms with E-state index in [2.05, 4.69) is 21.3 Å². The molecule has 4 heterocycles. The van der Waals surface area contributed by atoms with Crippen molar-refractivity contribution in [3.05, 3.63) is 0 Å². The molecule has 17 atom stereocenters.